The van der Waals surface area contributed by atoms with E-state index in [1.807, 2.05) is 47.2 Å². The highest BCUT2D eigenvalue weighted by molar-refractivity contribution is 9.10. The van der Waals surface area contributed by atoms with Crippen molar-refractivity contribution in [2.75, 3.05) is 0 Å². The van der Waals surface area contributed by atoms with Crippen LogP contribution in [0.25, 0.3) is 28.0 Å². The van der Waals surface area contributed by atoms with Crippen molar-refractivity contribution in [1.82, 2.24) is 19.5 Å². The van der Waals surface area contributed by atoms with Gasteiger partial charge in [0, 0.05) is 22.4 Å². The van der Waals surface area contributed by atoms with Gasteiger partial charge in [-0.1, -0.05) is 12.1 Å². The van der Waals surface area contributed by atoms with Crippen LogP contribution in [0.5, 0.6) is 0 Å². The molecule has 0 saturated carbocycles. The van der Waals surface area contributed by atoms with Crippen molar-refractivity contribution in [1.29, 1.82) is 0 Å². The molecule has 4 rings (SSSR count). The van der Waals surface area contributed by atoms with Crippen LogP contribution in [0.4, 0.5) is 0 Å². The number of para-hydroxylation sites is 1. The number of hydrogen-bond donors (Lipinski definition) is 1. The minimum atomic E-state index is -0.139. The zero-order valence-corrected chi connectivity index (χ0v) is 13.5. The van der Waals surface area contributed by atoms with E-state index in [0.29, 0.717) is 16.7 Å². The molecule has 4 aromatic rings. The third kappa shape index (κ3) is 2.47. The highest BCUT2D eigenvalue weighted by Gasteiger charge is 2.08. The van der Waals surface area contributed by atoms with Gasteiger partial charge in [-0.15, -0.1) is 0 Å². The van der Waals surface area contributed by atoms with Gasteiger partial charge < -0.3 is 9.55 Å². The van der Waals surface area contributed by atoms with Gasteiger partial charge in [0.25, 0.3) is 5.56 Å². The SMILES string of the molecule is O=c1[nH]c(-c2ccc(-n3ccnc3)c(Br)c2)nc2ccccc12. The highest BCUT2D eigenvalue weighted by atomic mass is 79.9. The van der Waals surface area contributed by atoms with Crippen molar-refractivity contribution in [2.45, 2.75) is 0 Å². The Bertz CT molecular complexity index is 1050. The average molecular weight is 367 g/mol. The van der Waals surface area contributed by atoms with Crippen LogP contribution in [-0.2, 0) is 0 Å². The molecule has 0 aliphatic rings. The minimum Gasteiger partial charge on any atom is -0.306 e. The molecule has 6 heteroatoms. The smallest absolute Gasteiger partial charge is 0.259 e. The molecule has 1 N–H and O–H groups in total. The number of fused-ring (bicyclic) bond motifs is 1. The van der Waals surface area contributed by atoms with E-state index in [1.54, 1.807) is 18.6 Å². The van der Waals surface area contributed by atoms with E-state index in [-0.39, 0.29) is 5.56 Å². The Balaban J connectivity index is 1.85. The number of rotatable bonds is 2. The van der Waals surface area contributed by atoms with Gasteiger partial charge in [0.2, 0.25) is 0 Å². The Kier molecular flexibility index (Phi) is 3.31. The quantitative estimate of drug-likeness (QED) is 0.590. The summed E-state index contributed by atoms with van der Waals surface area (Å²) in [5.41, 5.74) is 2.35. The van der Waals surface area contributed by atoms with Crippen LogP contribution in [0, 0.1) is 0 Å². The van der Waals surface area contributed by atoms with Crippen molar-refractivity contribution >= 4 is 26.8 Å². The van der Waals surface area contributed by atoms with Crippen LogP contribution in [0.15, 0.2) is 70.5 Å². The maximum absolute atomic E-state index is 12.2. The van der Waals surface area contributed by atoms with Gasteiger partial charge in [-0.25, -0.2) is 9.97 Å². The third-order valence-corrected chi connectivity index (χ3v) is 4.25. The molecule has 0 fully saturated rings. The van der Waals surface area contributed by atoms with Gasteiger partial charge in [0.05, 0.1) is 22.9 Å². The largest absolute Gasteiger partial charge is 0.306 e. The normalized spacial score (nSPS) is 11.0. The number of nitrogens with one attached hydrogen (secondary N) is 1. The first-order chi connectivity index (χ1) is 11.2. The van der Waals surface area contributed by atoms with E-state index >= 15 is 0 Å². The number of benzene rings is 2. The van der Waals surface area contributed by atoms with Gasteiger partial charge >= 0.3 is 0 Å². The summed E-state index contributed by atoms with van der Waals surface area (Å²) >= 11 is 3.57. The monoisotopic (exact) mass is 366 g/mol. The fraction of sp³-hybridized carbons (Fsp3) is 0. The van der Waals surface area contributed by atoms with Gasteiger partial charge in [-0.05, 0) is 46.3 Å². The molecule has 2 aromatic carbocycles. The Morgan fingerprint density at radius 3 is 2.78 bits per heavy atom. The first-order valence-electron chi connectivity index (χ1n) is 7.00. The minimum absolute atomic E-state index is 0.139. The van der Waals surface area contributed by atoms with Gasteiger partial charge in [-0.2, -0.15) is 0 Å². The molecule has 0 aliphatic carbocycles. The van der Waals surface area contributed by atoms with E-state index in [9.17, 15) is 4.79 Å². The lowest BCUT2D eigenvalue weighted by Crippen LogP contribution is -2.09. The maximum Gasteiger partial charge on any atom is 0.259 e. The van der Waals surface area contributed by atoms with Crippen molar-refractivity contribution in [3.63, 3.8) is 0 Å². The summed E-state index contributed by atoms with van der Waals surface area (Å²) in [7, 11) is 0. The molecular formula is C17H11BrN4O. The molecule has 0 aliphatic heterocycles. The van der Waals surface area contributed by atoms with Gasteiger partial charge in [0.1, 0.15) is 5.82 Å². The molecule has 0 amide bonds. The lowest BCUT2D eigenvalue weighted by Gasteiger charge is -2.08. The summed E-state index contributed by atoms with van der Waals surface area (Å²) in [6.07, 6.45) is 5.33. The summed E-state index contributed by atoms with van der Waals surface area (Å²) in [5.74, 6) is 0.548. The topological polar surface area (TPSA) is 63.6 Å². The van der Waals surface area contributed by atoms with Gasteiger partial charge in [0.15, 0.2) is 0 Å². The molecule has 0 radical (unpaired) electrons. The number of halogens is 1. The number of nitrogens with zero attached hydrogens (tertiary/aromatic N) is 3. The maximum atomic E-state index is 12.2. The molecule has 0 saturated heterocycles. The van der Waals surface area contributed by atoms with Crippen LogP contribution in [0.3, 0.4) is 0 Å². The summed E-state index contributed by atoms with van der Waals surface area (Å²) in [6.45, 7) is 0. The third-order valence-electron chi connectivity index (χ3n) is 3.62. The molecule has 112 valence electrons. The van der Waals surface area contributed by atoms with E-state index in [1.165, 1.54) is 0 Å². The van der Waals surface area contributed by atoms with E-state index in [2.05, 4.69) is 30.9 Å². The number of aromatic amines is 1. The van der Waals surface area contributed by atoms with E-state index < -0.39 is 0 Å². The molecule has 0 atom stereocenters. The highest BCUT2D eigenvalue weighted by Crippen LogP contribution is 2.26. The van der Waals surface area contributed by atoms with Crippen LogP contribution >= 0.6 is 15.9 Å². The summed E-state index contributed by atoms with van der Waals surface area (Å²) in [4.78, 5) is 23.6. The Hall–Kier alpha value is -2.73. The first-order valence-corrected chi connectivity index (χ1v) is 7.79. The molecule has 23 heavy (non-hydrogen) atoms. The van der Waals surface area contributed by atoms with Crippen molar-refractivity contribution in [2.24, 2.45) is 0 Å². The molecule has 5 nitrogen and oxygen atoms in total. The van der Waals surface area contributed by atoms with Crippen molar-refractivity contribution in [3.05, 3.63) is 76.0 Å². The predicted octanol–water partition coefficient (Wildman–Crippen LogP) is 3.54. The number of H-pyrrole nitrogens is 1. The zero-order chi connectivity index (χ0) is 15.8. The number of hydrogen-bond acceptors (Lipinski definition) is 3. The van der Waals surface area contributed by atoms with E-state index in [0.717, 1.165) is 15.7 Å². The fourth-order valence-electron chi connectivity index (χ4n) is 2.49. The zero-order valence-electron chi connectivity index (χ0n) is 11.9. The molecule has 0 unspecified atom stereocenters. The Morgan fingerprint density at radius 2 is 2.00 bits per heavy atom. The van der Waals surface area contributed by atoms with E-state index in [4.69, 9.17) is 0 Å². The Labute approximate surface area is 139 Å². The molecule has 2 aromatic heterocycles. The van der Waals surface area contributed by atoms with Crippen molar-refractivity contribution in [3.8, 4) is 17.1 Å². The predicted molar refractivity (Wildman–Crippen MR) is 92.6 cm³/mol. The first kappa shape index (κ1) is 13.9. The lowest BCUT2D eigenvalue weighted by atomic mass is 10.1. The Morgan fingerprint density at radius 1 is 1.13 bits per heavy atom. The van der Waals surface area contributed by atoms with Crippen LogP contribution in [-0.4, -0.2) is 19.5 Å². The lowest BCUT2D eigenvalue weighted by molar-refractivity contribution is 1.05. The molecule has 0 spiro atoms. The standard InChI is InChI=1S/C17H11BrN4O/c18-13-9-11(5-6-15(13)22-8-7-19-10-22)16-20-14-4-2-1-3-12(14)17(23)21-16/h1-10H,(H,20,21,23). The van der Waals surface area contributed by atoms with Gasteiger partial charge in [-0.3, -0.25) is 4.79 Å². The summed E-state index contributed by atoms with van der Waals surface area (Å²) in [5, 5.41) is 0.588. The van der Waals surface area contributed by atoms with Crippen LogP contribution in [0.2, 0.25) is 0 Å². The molecular weight excluding hydrogens is 356 g/mol. The second-order valence-corrected chi connectivity index (χ2v) is 5.92. The van der Waals surface area contributed by atoms with Crippen LogP contribution in [0.1, 0.15) is 0 Å². The summed E-state index contributed by atoms with van der Waals surface area (Å²) in [6, 6.07) is 13.1. The number of aromatic nitrogens is 4. The second kappa shape index (κ2) is 5.48. The summed E-state index contributed by atoms with van der Waals surface area (Å²) < 4.78 is 2.80. The average Bonchev–Trinajstić information content (AvgIpc) is 3.09. The second-order valence-electron chi connectivity index (χ2n) is 5.07. The fourth-order valence-corrected chi connectivity index (χ4v) is 3.07. The molecule has 0 bridgehead atoms. The van der Waals surface area contributed by atoms with Crippen molar-refractivity contribution < 1.29 is 0 Å². The van der Waals surface area contributed by atoms with Crippen LogP contribution < -0.4 is 5.56 Å². The number of imidazole rings is 1. The molecule has 2 heterocycles.